The summed E-state index contributed by atoms with van der Waals surface area (Å²) in [6.45, 7) is 3.88. The Morgan fingerprint density at radius 1 is 1.24 bits per heavy atom. The van der Waals surface area contributed by atoms with Crippen LogP contribution in [0.15, 0.2) is 24.3 Å². The lowest BCUT2D eigenvalue weighted by atomic mass is 10.1. The van der Waals surface area contributed by atoms with E-state index in [1.54, 1.807) is 6.07 Å². The molecule has 0 atom stereocenters. The van der Waals surface area contributed by atoms with Crippen molar-refractivity contribution in [3.05, 3.63) is 35.4 Å². The fourth-order valence-corrected chi connectivity index (χ4v) is 1.45. The third-order valence-electron chi connectivity index (χ3n) is 2.53. The van der Waals surface area contributed by atoms with Crippen molar-refractivity contribution in [3.63, 3.8) is 0 Å². The average Bonchev–Trinajstić information content (AvgIpc) is 2.35. The summed E-state index contributed by atoms with van der Waals surface area (Å²) in [7, 11) is 0. The summed E-state index contributed by atoms with van der Waals surface area (Å²) in [6, 6.07) is 5.85. The molecule has 4 heteroatoms. The summed E-state index contributed by atoms with van der Waals surface area (Å²) in [6.07, 6.45) is 1.39. The number of carboxylic acid groups (broad SMARTS) is 1. The molecule has 0 aliphatic carbocycles. The second-order valence-electron chi connectivity index (χ2n) is 3.73. The number of aromatic carboxylic acids is 1. The van der Waals surface area contributed by atoms with E-state index in [0.717, 1.165) is 12.8 Å². The van der Waals surface area contributed by atoms with Gasteiger partial charge >= 0.3 is 11.9 Å². The second-order valence-corrected chi connectivity index (χ2v) is 3.73. The molecule has 0 amide bonds. The van der Waals surface area contributed by atoms with E-state index in [1.165, 1.54) is 18.2 Å². The van der Waals surface area contributed by atoms with Crippen molar-refractivity contribution in [1.29, 1.82) is 0 Å². The van der Waals surface area contributed by atoms with Crippen LogP contribution in [0.2, 0.25) is 0 Å². The van der Waals surface area contributed by atoms with Crippen molar-refractivity contribution in [1.82, 2.24) is 0 Å². The van der Waals surface area contributed by atoms with Crippen LogP contribution < -0.4 is 0 Å². The van der Waals surface area contributed by atoms with Crippen molar-refractivity contribution in [2.45, 2.75) is 32.8 Å². The molecule has 0 aromatic heterocycles. The third-order valence-corrected chi connectivity index (χ3v) is 2.53. The Balaban J connectivity index is 2.82. The van der Waals surface area contributed by atoms with Gasteiger partial charge in [-0.05, 0) is 31.0 Å². The summed E-state index contributed by atoms with van der Waals surface area (Å²) in [4.78, 5) is 22.5. The van der Waals surface area contributed by atoms with Crippen LogP contribution in [0.3, 0.4) is 0 Å². The molecule has 0 unspecified atom stereocenters. The van der Waals surface area contributed by atoms with Gasteiger partial charge in [0, 0.05) is 0 Å². The van der Waals surface area contributed by atoms with E-state index in [1.807, 2.05) is 13.8 Å². The Morgan fingerprint density at radius 2 is 1.82 bits per heavy atom. The van der Waals surface area contributed by atoms with Crippen molar-refractivity contribution in [2.24, 2.45) is 0 Å². The summed E-state index contributed by atoms with van der Waals surface area (Å²) in [5.74, 6) is -1.52. The number of carboxylic acids is 1. The molecule has 1 N–H and O–H groups in total. The number of ether oxygens (including phenoxy) is 1. The molecular formula is C13H16O4. The number of rotatable bonds is 5. The van der Waals surface area contributed by atoms with Crippen molar-refractivity contribution >= 4 is 11.9 Å². The van der Waals surface area contributed by atoms with Gasteiger partial charge in [-0.3, -0.25) is 0 Å². The number of esters is 1. The number of carbonyl (C=O) groups is 2. The highest BCUT2D eigenvalue weighted by atomic mass is 16.5. The smallest absolute Gasteiger partial charge is 0.338 e. The number of carbonyl (C=O) groups excluding carboxylic acids is 1. The monoisotopic (exact) mass is 236 g/mol. The van der Waals surface area contributed by atoms with E-state index in [9.17, 15) is 9.59 Å². The predicted molar refractivity (Wildman–Crippen MR) is 63.2 cm³/mol. The zero-order chi connectivity index (χ0) is 12.8. The van der Waals surface area contributed by atoms with Gasteiger partial charge in [-0.25, -0.2) is 9.59 Å². The van der Waals surface area contributed by atoms with Crippen LogP contribution in [0, 0.1) is 0 Å². The van der Waals surface area contributed by atoms with Crippen LogP contribution in [0.1, 0.15) is 47.4 Å². The molecule has 92 valence electrons. The molecule has 0 aliphatic rings. The minimum atomic E-state index is -1.05. The molecule has 1 aromatic rings. The fraction of sp³-hybridized carbons (Fsp3) is 0.385. The van der Waals surface area contributed by atoms with Gasteiger partial charge in [0.15, 0.2) is 0 Å². The number of benzene rings is 1. The SMILES string of the molecule is CCC(CC)OC(=O)c1cccc(C(=O)O)c1. The maximum absolute atomic E-state index is 11.7. The normalized spacial score (nSPS) is 10.3. The lowest BCUT2D eigenvalue weighted by Gasteiger charge is -2.13. The van der Waals surface area contributed by atoms with Crippen molar-refractivity contribution in [2.75, 3.05) is 0 Å². The first-order valence-electron chi connectivity index (χ1n) is 5.62. The fourth-order valence-electron chi connectivity index (χ4n) is 1.45. The van der Waals surface area contributed by atoms with E-state index in [-0.39, 0.29) is 17.2 Å². The summed E-state index contributed by atoms with van der Waals surface area (Å²) < 4.78 is 5.24. The molecule has 0 saturated heterocycles. The van der Waals surface area contributed by atoms with Crippen LogP contribution in [0.25, 0.3) is 0 Å². The Labute approximate surface area is 100 Å². The van der Waals surface area contributed by atoms with Crippen LogP contribution in [-0.2, 0) is 4.74 Å². The molecule has 1 aromatic carbocycles. The Kier molecular flexibility index (Phi) is 4.69. The molecule has 0 bridgehead atoms. The second kappa shape index (κ2) is 6.03. The maximum atomic E-state index is 11.7. The first-order chi connectivity index (χ1) is 8.08. The minimum absolute atomic E-state index is 0.0870. The van der Waals surface area contributed by atoms with Crippen molar-refractivity contribution < 1.29 is 19.4 Å². The van der Waals surface area contributed by atoms with E-state index in [4.69, 9.17) is 9.84 Å². The molecule has 1 rings (SSSR count). The van der Waals surface area contributed by atoms with Gasteiger partial charge in [0.25, 0.3) is 0 Å². The molecule has 0 spiro atoms. The minimum Gasteiger partial charge on any atom is -0.478 e. The molecule has 0 heterocycles. The molecule has 0 saturated carbocycles. The lowest BCUT2D eigenvalue weighted by molar-refractivity contribution is 0.0284. The van der Waals surface area contributed by atoms with Crippen LogP contribution in [-0.4, -0.2) is 23.1 Å². The van der Waals surface area contributed by atoms with Crippen molar-refractivity contribution in [3.8, 4) is 0 Å². The molecule has 0 radical (unpaired) electrons. The zero-order valence-corrected chi connectivity index (χ0v) is 9.97. The number of hydrogen-bond acceptors (Lipinski definition) is 3. The average molecular weight is 236 g/mol. The van der Waals surface area contributed by atoms with E-state index < -0.39 is 11.9 Å². The number of hydrogen-bond donors (Lipinski definition) is 1. The van der Waals surface area contributed by atoms with Gasteiger partial charge < -0.3 is 9.84 Å². The van der Waals surface area contributed by atoms with Crippen LogP contribution in [0.5, 0.6) is 0 Å². The van der Waals surface area contributed by atoms with Crippen LogP contribution >= 0.6 is 0 Å². The quantitative estimate of drug-likeness (QED) is 0.798. The van der Waals surface area contributed by atoms with E-state index in [0.29, 0.717) is 0 Å². The Hall–Kier alpha value is -1.84. The molecular weight excluding hydrogens is 220 g/mol. The first-order valence-corrected chi connectivity index (χ1v) is 5.62. The predicted octanol–water partition coefficient (Wildman–Crippen LogP) is 2.73. The highest BCUT2D eigenvalue weighted by Crippen LogP contribution is 2.11. The van der Waals surface area contributed by atoms with Crippen LogP contribution in [0.4, 0.5) is 0 Å². The topological polar surface area (TPSA) is 63.6 Å². The maximum Gasteiger partial charge on any atom is 0.338 e. The zero-order valence-electron chi connectivity index (χ0n) is 9.97. The lowest BCUT2D eigenvalue weighted by Crippen LogP contribution is -2.16. The van der Waals surface area contributed by atoms with Gasteiger partial charge in [0.2, 0.25) is 0 Å². The summed E-state index contributed by atoms with van der Waals surface area (Å²) in [5, 5.41) is 8.81. The highest BCUT2D eigenvalue weighted by molar-refractivity contribution is 5.94. The standard InChI is InChI=1S/C13H16O4/c1-3-11(4-2)17-13(16)10-7-5-6-9(8-10)12(14)15/h5-8,11H,3-4H2,1-2H3,(H,14,15). The van der Waals surface area contributed by atoms with Gasteiger partial charge in [0.05, 0.1) is 11.1 Å². The van der Waals surface area contributed by atoms with Gasteiger partial charge in [-0.1, -0.05) is 19.9 Å². The van der Waals surface area contributed by atoms with Gasteiger partial charge in [0.1, 0.15) is 6.10 Å². The van der Waals surface area contributed by atoms with E-state index >= 15 is 0 Å². The van der Waals surface area contributed by atoms with E-state index in [2.05, 4.69) is 0 Å². The molecule has 0 aliphatic heterocycles. The highest BCUT2D eigenvalue weighted by Gasteiger charge is 2.14. The molecule has 0 fully saturated rings. The van der Waals surface area contributed by atoms with Gasteiger partial charge in [-0.2, -0.15) is 0 Å². The largest absolute Gasteiger partial charge is 0.478 e. The molecule has 4 nitrogen and oxygen atoms in total. The third kappa shape index (κ3) is 3.59. The summed E-state index contributed by atoms with van der Waals surface area (Å²) >= 11 is 0. The Bertz CT molecular complexity index is 408. The van der Waals surface area contributed by atoms with Gasteiger partial charge in [-0.15, -0.1) is 0 Å². The molecule has 17 heavy (non-hydrogen) atoms. The first kappa shape index (κ1) is 13.2. The Morgan fingerprint density at radius 3 is 2.35 bits per heavy atom. The summed E-state index contributed by atoms with van der Waals surface area (Å²) in [5.41, 5.74) is 0.362.